The minimum Gasteiger partial charge on any atom is -0.386 e. The molecule has 24 nitrogen and oxygen atoms in total. The fraction of sp³-hybridized carbons (Fsp3) is 0.673. The highest BCUT2D eigenvalue weighted by molar-refractivity contribution is 8.13. The summed E-state index contributed by atoms with van der Waals surface area (Å²) < 4.78 is 62.6. The highest BCUT2D eigenvalue weighted by Gasteiger charge is 2.50. The number of allylic oxidation sites excluding steroid dienone is 10. The lowest BCUT2D eigenvalue weighted by Crippen LogP contribution is -2.46. The van der Waals surface area contributed by atoms with Crippen molar-refractivity contribution in [1.29, 1.82) is 0 Å². The third kappa shape index (κ3) is 32.0. The Morgan fingerprint density at radius 2 is 1.27 bits per heavy atom. The molecule has 2 amide bonds. The van der Waals surface area contributed by atoms with Gasteiger partial charge in [-0.2, -0.15) is 4.31 Å². The number of carbonyl (C=O) groups is 3. The first-order chi connectivity index (χ1) is 39.6. The molecule has 1 aliphatic rings. The van der Waals surface area contributed by atoms with Crippen LogP contribution in [0.1, 0.15) is 175 Å². The van der Waals surface area contributed by atoms with Gasteiger partial charge in [-0.3, -0.25) is 32.5 Å². The van der Waals surface area contributed by atoms with Crippen LogP contribution in [-0.2, 0) is 50.7 Å². The quantitative estimate of drug-likeness (QED) is 0.0169. The number of phosphoric ester groups is 3. The number of nitrogens with two attached hydrogens (primary N) is 1. The molecule has 1 saturated heterocycles. The summed E-state index contributed by atoms with van der Waals surface area (Å²) in [7, 11) is -16.4. The number of unbranched alkanes of at least 4 members (excludes halogenated alkanes) is 15. The molecule has 0 saturated carbocycles. The Morgan fingerprint density at radius 3 is 1.83 bits per heavy atom. The number of nitrogens with zero attached hydrogens (tertiary/aromatic N) is 4. The Morgan fingerprint density at radius 1 is 0.735 bits per heavy atom. The number of nitrogen functional groups attached to an aromatic ring is 1. The van der Waals surface area contributed by atoms with E-state index in [1.54, 1.807) is 0 Å². The van der Waals surface area contributed by atoms with Crippen LogP contribution >= 0.6 is 35.2 Å². The number of ether oxygens (including phenoxy) is 1. The van der Waals surface area contributed by atoms with Crippen molar-refractivity contribution in [2.45, 2.75) is 199 Å². The lowest BCUT2D eigenvalue weighted by Gasteiger charge is -2.30. The maximum Gasteiger partial charge on any atom is 0.481 e. The maximum atomic E-state index is 12.8. The zero-order valence-electron chi connectivity index (χ0n) is 48.4. The molecule has 0 bridgehead atoms. The number of imidazole rings is 1. The molecule has 2 aromatic rings. The molecule has 28 heteroatoms. The molecule has 470 valence electrons. The van der Waals surface area contributed by atoms with E-state index in [4.69, 9.17) is 19.5 Å². The van der Waals surface area contributed by atoms with Gasteiger partial charge in [0.1, 0.15) is 36.3 Å². The van der Waals surface area contributed by atoms with Crippen LogP contribution in [0.2, 0.25) is 0 Å². The summed E-state index contributed by atoms with van der Waals surface area (Å²) in [5, 5.41) is 26.8. The topological polar surface area (TPSA) is 364 Å². The number of rotatable bonds is 46. The fourth-order valence-electron chi connectivity index (χ4n) is 8.50. The van der Waals surface area contributed by atoms with Crippen LogP contribution in [-0.4, -0.2) is 123 Å². The van der Waals surface area contributed by atoms with E-state index in [1.807, 2.05) is 0 Å². The van der Waals surface area contributed by atoms with Gasteiger partial charge in [-0.05, 0) is 57.8 Å². The predicted octanol–water partition coefficient (Wildman–Crippen LogP) is 10.0. The summed E-state index contributed by atoms with van der Waals surface area (Å²) in [6.07, 6.45) is 40.7. The highest BCUT2D eigenvalue weighted by Crippen LogP contribution is 2.61. The van der Waals surface area contributed by atoms with E-state index in [2.05, 4.69) is 102 Å². The molecule has 0 spiro atoms. The number of aliphatic hydroxyl groups is 2. The van der Waals surface area contributed by atoms with E-state index in [9.17, 15) is 57.9 Å². The van der Waals surface area contributed by atoms with Gasteiger partial charge in [-0.1, -0.05) is 170 Å². The first-order valence-electron chi connectivity index (χ1n) is 28.9. The summed E-state index contributed by atoms with van der Waals surface area (Å²) in [6, 6.07) is 0. The monoisotopic (exact) mass is 1250 g/mol. The molecule has 3 heterocycles. The second kappa shape index (κ2) is 40.6. The largest absolute Gasteiger partial charge is 0.481 e. The van der Waals surface area contributed by atoms with Crippen LogP contribution in [0.25, 0.3) is 11.2 Å². The summed E-state index contributed by atoms with van der Waals surface area (Å²) in [6.45, 7) is 2.80. The van der Waals surface area contributed by atoms with Gasteiger partial charge in [0.25, 0.3) is 0 Å². The molecule has 10 N–H and O–H groups in total. The third-order valence-corrected chi connectivity index (χ3v) is 17.2. The number of anilines is 1. The number of aromatic nitrogens is 4. The van der Waals surface area contributed by atoms with Crippen LogP contribution in [0.5, 0.6) is 0 Å². The second-order valence-electron chi connectivity index (χ2n) is 20.9. The number of hydrogen-bond donors (Lipinski definition) is 9. The Balaban J connectivity index is 1.15. The minimum atomic E-state index is -5.58. The van der Waals surface area contributed by atoms with Gasteiger partial charge in [0.15, 0.2) is 22.8 Å². The Labute approximate surface area is 493 Å². The van der Waals surface area contributed by atoms with Gasteiger partial charge in [-0.15, -0.1) is 0 Å². The minimum absolute atomic E-state index is 0.0328. The van der Waals surface area contributed by atoms with Gasteiger partial charge in [0.2, 0.25) is 11.8 Å². The summed E-state index contributed by atoms with van der Waals surface area (Å²) in [5.74, 6) is -1.03. The van der Waals surface area contributed by atoms with Crippen LogP contribution < -0.4 is 16.4 Å². The Kier molecular flexibility index (Phi) is 36.0. The number of fused-ring (bicyclic) bond motifs is 1. The van der Waals surface area contributed by atoms with Crippen molar-refractivity contribution in [2.24, 2.45) is 5.41 Å². The maximum absolute atomic E-state index is 12.8. The smallest absolute Gasteiger partial charge is 0.386 e. The lowest BCUT2D eigenvalue weighted by molar-refractivity contribution is -0.137. The van der Waals surface area contributed by atoms with Crippen LogP contribution in [0.15, 0.2) is 73.4 Å². The number of phosphoric acid groups is 3. The first-order valence-corrected chi connectivity index (χ1v) is 34.4. The highest BCUT2D eigenvalue weighted by atomic mass is 32.2. The average molecular weight is 1250 g/mol. The van der Waals surface area contributed by atoms with Crippen molar-refractivity contribution in [2.75, 3.05) is 37.8 Å². The normalized spacial score (nSPS) is 19.0. The van der Waals surface area contributed by atoms with E-state index < -0.39 is 84.6 Å². The van der Waals surface area contributed by atoms with E-state index in [1.165, 1.54) is 97.3 Å². The van der Waals surface area contributed by atoms with E-state index >= 15 is 0 Å². The van der Waals surface area contributed by atoms with Crippen molar-refractivity contribution in [3.63, 3.8) is 0 Å². The number of amides is 2. The van der Waals surface area contributed by atoms with Gasteiger partial charge in [0.05, 0.1) is 19.5 Å². The van der Waals surface area contributed by atoms with Crippen LogP contribution in [0, 0.1) is 5.41 Å². The number of hydrogen-bond acceptors (Lipinski definition) is 18. The number of nitrogens with one attached hydrogen (secondary N) is 2. The van der Waals surface area contributed by atoms with Gasteiger partial charge in [-0.25, -0.2) is 28.6 Å². The summed E-state index contributed by atoms with van der Waals surface area (Å²) in [4.78, 5) is 88.8. The molecule has 7 unspecified atom stereocenters. The lowest BCUT2D eigenvalue weighted by atomic mass is 9.87. The van der Waals surface area contributed by atoms with E-state index in [0.29, 0.717) is 12.2 Å². The SMILES string of the molecule is CCCCCC=CCC=CCC=CCC=CCC=CCCCCCCCCCCCCCCC(=O)SCCNC(=O)CCNC(=O)C(O)C(C)(C)COP(=O)(O)OP(=O)(O)OCC1OC(n2cnc3c(N)ncnc32)C(O)C1OP(=O)(O)O. The summed E-state index contributed by atoms with van der Waals surface area (Å²) >= 11 is 1.16. The molecule has 0 aromatic carbocycles. The summed E-state index contributed by atoms with van der Waals surface area (Å²) in [5.41, 5.74) is 4.29. The zero-order chi connectivity index (χ0) is 61.0. The molecule has 3 rings (SSSR count). The van der Waals surface area contributed by atoms with Crippen molar-refractivity contribution < 1.29 is 80.5 Å². The van der Waals surface area contributed by atoms with Gasteiger partial charge >= 0.3 is 23.5 Å². The van der Waals surface area contributed by atoms with Gasteiger partial charge < -0.3 is 50.9 Å². The molecule has 2 aromatic heterocycles. The second-order valence-corrected chi connectivity index (χ2v) is 26.3. The Bertz CT molecular complexity index is 2530. The molecule has 0 aliphatic carbocycles. The average Bonchev–Trinajstić information content (AvgIpc) is 2.22. The van der Waals surface area contributed by atoms with E-state index in [-0.39, 0.29) is 41.6 Å². The fourth-order valence-corrected chi connectivity index (χ4v) is 12.0. The first kappa shape index (κ1) is 73.5. The van der Waals surface area contributed by atoms with Crippen molar-refractivity contribution in [1.82, 2.24) is 30.2 Å². The van der Waals surface area contributed by atoms with Crippen molar-refractivity contribution in [3.8, 4) is 0 Å². The molecule has 83 heavy (non-hydrogen) atoms. The third-order valence-electron chi connectivity index (χ3n) is 13.2. The zero-order valence-corrected chi connectivity index (χ0v) is 51.9. The molecular formula is C55H92N7O17P3S. The standard InChI is InChI=1S/C55H92N7O17P3S/c1-4-5-6-7-8-9-10-11-12-13-14-15-16-17-18-19-20-21-22-23-24-25-26-27-28-29-30-31-32-33-34-35-46(64)83-39-38-57-45(63)36-37-58-53(67)50(66)55(2,3)41-76-82(73,74)79-81(71,72)75-40-44-49(78-80(68,69)70)48(65)54(77-44)62-43-61-47-51(56)59-42-60-52(47)62/h8-9,11-12,14-15,17-18,20-21,42-44,48-50,54,65-66H,4-7,10,13,16,19,22-41H2,1-3H3,(H,57,63)(H,58,67)(H,71,72)(H,73,74)(H2,56,59,60)(H2,68,69,70). The molecule has 0 radical (unpaired) electrons. The molecule has 1 aliphatic heterocycles. The number of carbonyl (C=O) groups excluding carboxylic acids is 3. The number of aliphatic hydroxyl groups excluding tert-OH is 2. The molecule has 7 atom stereocenters. The number of thioether (sulfide) groups is 1. The van der Waals surface area contributed by atoms with Gasteiger partial charge in [0, 0.05) is 37.1 Å². The molecular weight excluding hydrogens is 1160 g/mol. The van der Waals surface area contributed by atoms with Crippen molar-refractivity contribution in [3.05, 3.63) is 73.4 Å². The van der Waals surface area contributed by atoms with E-state index in [0.717, 1.165) is 80.4 Å². The van der Waals surface area contributed by atoms with Crippen LogP contribution in [0.3, 0.4) is 0 Å². The Hall–Kier alpha value is -3.74. The molecule has 1 fully saturated rings. The van der Waals surface area contributed by atoms with Crippen LogP contribution in [0.4, 0.5) is 5.82 Å². The predicted molar refractivity (Wildman–Crippen MR) is 320 cm³/mol. The van der Waals surface area contributed by atoms with Crippen molar-refractivity contribution >= 4 is 69.1 Å².